The minimum absolute atomic E-state index is 0.227. The molecule has 0 unspecified atom stereocenters. The second kappa shape index (κ2) is 4.98. The lowest BCUT2D eigenvalue weighted by atomic mass is 10.2. The van der Waals surface area contributed by atoms with Crippen molar-refractivity contribution in [2.45, 2.75) is 0 Å². The molecule has 0 heterocycles. The number of nitrogens with zero attached hydrogens (tertiary/aromatic N) is 1. The van der Waals surface area contributed by atoms with Gasteiger partial charge in [-0.05, 0) is 24.3 Å². The van der Waals surface area contributed by atoms with Crippen molar-refractivity contribution in [1.82, 2.24) is 0 Å². The number of nitrogens with one attached hydrogen (secondary N) is 1. The Kier molecular flexibility index (Phi) is 3.38. The van der Waals surface area contributed by atoms with Gasteiger partial charge in [0.15, 0.2) is 11.6 Å². The topological polar surface area (TPSA) is 35.8 Å². The molecule has 0 radical (unpaired) electrons. The van der Waals surface area contributed by atoms with E-state index < -0.39 is 34.6 Å². The molecule has 2 nitrogen and oxygen atoms in total. The zero-order valence-corrected chi connectivity index (χ0v) is 9.35. The van der Waals surface area contributed by atoms with Gasteiger partial charge in [-0.15, -0.1) is 0 Å². The van der Waals surface area contributed by atoms with Gasteiger partial charge in [0.05, 0.1) is 11.6 Å². The lowest BCUT2D eigenvalue weighted by Crippen LogP contribution is -2.02. The molecule has 0 atom stereocenters. The van der Waals surface area contributed by atoms with E-state index in [0.29, 0.717) is 0 Å². The largest absolute Gasteiger partial charge is 0.346 e. The fourth-order valence-corrected chi connectivity index (χ4v) is 1.50. The van der Waals surface area contributed by atoms with Gasteiger partial charge in [0.2, 0.25) is 0 Å². The van der Waals surface area contributed by atoms with Crippen LogP contribution in [0.5, 0.6) is 0 Å². The number of benzene rings is 2. The lowest BCUT2D eigenvalue weighted by molar-refractivity contribution is 0.579. The molecular formula is C13H6F4N2. The Morgan fingerprint density at radius 1 is 0.842 bits per heavy atom. The van der Waals surface area contributed by atoms with Gasteiger partial charge in [0.1, 0.15) is 23.0 Å². The van der Waals surface area contributed by atoms with Gasteiger partial charge >= 0.3 is 0 Å². The number of hydrogen-bond donors (Lipinski definition) is 1. The molecule has 2 rings (SSSR count). The first-order chi connectivity index (χ1) is 9.02. The summed E-state index contributed by atoms with van der Waals surface area (Å²) in [4.78, 5) is 0. The van der Waals surface area contributed by atoms with Crippen LogP contribution in [0.2, 0.25) is 0 Å². The Bertz CT molecular complexity index is 634. The number of nitriles is 1. The summed E-state index contributed by atoms with van der Waals surface area (Å²) in [6, 6.07) is 6.13. The normalized spacial score (nSPS) is 10.1. The SMILES string of the molecule is N#Cc1cc(F)c(Nc2c(F)cccc2F)c(F)c1. The van der Waals surface area contributed by atoms with E-state index in [0.717, 1.165) is 30.3 Å². The summed E-state index contributed by atoms with van der Waals surface area (Å²) in [6.07, 6.45) is 0. The summed E-state index contributed by atoms with van der Waals surface area (Å²) in [7, 11) is 0. The molecule has 2 aromatic carbocycles. The molecule has 1 N–H and O–H groups in total. The van der Waals surface area contributed by atoms with Gasteiger partial charge in [0.25, 0.3) is 0 Å². The third-order valence-corrected chi connectivity index (χ3v) is 2.38. The van der Waals surface area contributed by atoms with E-state index >= 15 is 0 Å². The molecule has 2 aromatic rings. The number of anilines is 2. The third kappa shape index (κ3) is 2.50. The molecule has 96 valence electrons. The standard InChI is InChI=1S/C13H6F4N2/c14-8-2-1-3-9(15)12(8)19-13-10(16)4-7(6-18)5-11(13)17/h1-5,19H. The zero-order chi connectivity index (χ0) is 14.0. The number of para-hydroxylation sites is 1. The van der Waals surface area contributed by atoms with Crippen LogP contribution >= 0.6 is 0 Å². The monoisotopic (exact) mass is 266 g/mol. The van der Waals surface area contributed by atoms with Crippen LogP contribution in [-0.2, 0) is 0 Å². The maximum absolute atomic E-state index is 13.5. The maximum Gasteiger partial charge on any atom is 0.150 e. The van der Waals surface area contributed by atoms with E-state index in [9.17, 15) is 17.6 Å². The average Bonchev–Trinajstić information content (AvgIpc) is 2.36. The molecule has 19 heavy (non-hydrogen) atoms. The molecule has 0 aromatic heterocycles. The summed E-state index contributed by atoms with van der Waals surface area (Å²) in [6.45, 7) is 0. The molecular weight excluding hydrogens is 260 g/mol. The summed E-state index contributed by atoms with van der Waals surface area (Å²) in [5.41, 5.74) is -1.61. The second-order valence-corrected chi connectivity index (χ2v) is 3.65. The first-order valence-electron chi connectivity index (χ1n) is 5.13. The molecule has 6 heteroatoms. The predicted octanol–water partition coefficient (Wildman–Crippen LogP) is 3.86. The van der Waals surface area contributed by atoms with Crippen LogP contribution in [-0.4, -0.2) is 0 Å². The summed E-state index contributed by atoms with van der Waals surface area (Å²) in [5, 5.41) is 10.6. The quantitative estimate of drug-likeness (QED) is 0.838. The van der Waals surface area contributed by atoms with Gasteiger partial charge in [0, 0.05) is 0 Å². The van der Waals surface area contributed by atoms with Crippen molar-refractivity contribution in [3.63, 3.8) is 0 Å². The Hall–Kier alpha value is -2.55. The summed E-state index contributed by atoms with van der Waals surface area (Å²) >= 11 is 0. The van der Waals surface area contributed by atoms with Crippen molar-refractivity contribution in [3.05, 3.63) is 59.2 Å². The van der Waals surface area contributed by atoms with Gasteiger partial charge in [-0.1, -0.05) is 6.07 Å². The minimum atomic E-state index is -1.11. The lowest BCUT2D eigenvalue weighted by Gasteiger charge is -2.10. The van der Waals surface area contributed by atoms with Crippen molar-refractivity contribution in [1.29, 1.82) is 5.26 Å². The molecule has 0 aliphatic heterocycles. The van der Waals surface area contributed by atoms with Crippen LogP contribution in [0.25, 0.3) is 0 Å². The van der Waals surface area contributed by atoms with E-state index in [1.54, 1.807) is 6.07 Å². The third-order valence-electron chi connectivity index (χ3n) is 2.38. The zero-order valence-electron chi connectivity index (χ0n) is 9.35. The number of halogens is 4. The Balaban J connectivity index is 2.48. The highest BCUT2D eigenvalue weighted by Crippen LogP contribution is 2.27. The van der Waals surface area contributed by atoms with Crippen LogP contribution in [0.1, 0.15) is 5.56 Å². The summed E-state index contributed by atoms with van der Waals surface area (Å²) in [5.74, 6) is -4.19. The molecule has 0 fully saturated rings. The molecule has 0 saturated carbocycles. The highest BCUT2D eigenvalue weighted by molar-refractivity contribution is 5.63. The smallest absolute Gasteiger partial charge is 0.150 e. The number of rotatable bonds is 2. The van der Waals surface area contributed by atoms with Crippen LogP contribution in [0.15, 0.2) is 30.3 Å². The second-order valence-electron chi connectivity index (χ2n) is 3.65. The van der Waals surface area contributed by atoms with Gasteiger partial charge in [-0.25, -0.2) is 17.6 Å². The van der Waals surface area contributed by atoms with Crippen molar-refractivity contribution >= 4 is 11.4 Å². The first-order valence-corrected chi connectivity index (χ1v) is 5.13. The number of hydrogen-bond acceptors (Lipinski definition) is 2. The van der Waals surface area contributed by atoms with E-state index in [4.69, 9.17) is 5.26 Å². The van der Waals surface area contributed by atoms with Crippen molar-refractivity contribution < 1.29 is 17.6 Å². The van der Waals surface area contributed by atoms with Crippen molar-refractivity contribution in [2.75, 3.05) is 5.32 Å². The van der Waals surface area contributed by atoms with Gasteiger partial charge in [-0.3, -0.25) is 0 Å². The van der Waals surface area contributed by atoms with Gasteiger partial charge in [-0.2, -0.15) is 5.26 Å². The van der Waals surface area contributed by atoms with E-state index in [1.165, 1.54) is 0 Å². The molecule has 0 bridgehead atoms. The highest BCUT2D eigenvalue weighted by Gasteiger charge is 2.15. The Morgan fingerprint density at radius 3 is 1.79 bits per heavy atom. The van der Waals surface area contributed by atoms with Crippen LogP contribution in [0.3, 0.4) is 0 Å². The fourth-order valence-electron chi connectivity index (χ4n) is 1.50. The van der Waals surface area contributed by atoms with Gasteiger partial charge < -0.3 is 5.32 Å². The highest BCUT2D eigenvalue weighted by atomic mass is 19.1. The van der Waals surface area contributed by atoms with E-state index in [2.05, 4.69) is 0 Å². The minimum Gasteiger partial charge on any atom is -0.346 e. The van der Waals surface area contributed by atoms with E-state index in [-0.39, 0.29) is 5.56 Å². The molecule has 0 amide bonds. The first kappa shape index (κ1) is 12.9. The molecule has 0 saturated heterocycles. The fraction of sp³-hybridized carbons (Fsp3) is 0. The van der Waals surface area contributed by atoms with Crippen LogP contribution in [0, 0.1) is 34.6 Å². The summed E-state index contributed by atoms with van der Waals surface area (Å²) < 4.78 is 53.8. The van der Waals surface area contributed by atoms with Crippen molar-refractivity contribution in [2.24, 2.45) is 0 Å². The molecule has 0 aliphatic rings. The van der Waals surface area contributed by atoms with Crippen molar-refractivity contribution in [3.8, 4) is 6.07 Å². The van der Waals surface area contributed by atoms with Crippen LogP contribution in [0.4, 0.5) is 28.9 Å². The molecule has 0 spiro atoms. The Labute approximate surface area is 105 Å². The molecule has 0 aliphatic carbocycles. The predicted molar refractivity (Wildman–Crippen MR) is 60.7 cm³/mol. The Morgan fingerprint density at radius 2 is 1.32 bits per heavy atom. The maximum atomic E-state index is 13.5. The van der Waals surface area contributed by atoms with E-state index in [1.807, 2.05) is 5.32 Å². The average molecular weight is 266 g/mol. The van der Waals surface area contributed by atoms with Crippen LogP contribution < -0.4 is 5.32 Å².